The Morgan fingerprint density at radius 2 is 1.75 bits per heavy atom. The maximum Gasteiger partial charge on any atom is 0.573 e. The molecule has 0 bridgehead atoms. The molecule has 2 aliphatic heterocycles. The largest absolute Gasteiger partial charge is 0.573 e. The summed E-state index contributed by atoms with van der Waals surface area (Å²) in [6, 6.07) is 5.50. The summed E-state index contributed by atoms with van der Waals surface area (Å²) < 4.78 is 58.1. The maximum atomic E-state index is 13.4. The van der Waals surface area contributed by atoms with Crippen molar-refractivity contribution in [2.24, 2.45) is 10.9 Å². The first kappa shape index (κ1) is 31.1. The first-order valence-electron chi connectivity index (χ1n) is 13.0. The minimum absolute atomic E-state index is 0.0228. The van der Waals surface area contributed by atoms with Gasteiger partial charge in [0.25, 0.3) is 0 Å². The molecule has 1 aromatic carbocycles. The molecule has 2 atom stereocenters. The number of urea groups is 1. The zero-order valence-corrected chi connectivity index (χ0v) is 23.3. The predicted molar refractivity (Wildman–Crippen MR) is 141 cm³/mol. The van der Waals surface area contributed by atoms with E-state index in [1.165, 1.54) is 19.2 Å². The van der Waals surface area contributed by atoms with Crippen molar-refractivity contribution in [3.05, 3.63) is 42.1 Å². The van der Waals surface area contributed by atoms with E-state index in [0.717, 1.165) is 5.56 Å². The van der Waals surface area contributed by atoms with E-state index in [1.54, 1.807) is 42.7 Å². The summed E-state index contributed by atoms with van der Waals surface area (Å²) in [7, 11) is 1.47. The summed E-state index contributed by atoms with van der Waals surface area (Å²) in [5.74, 6) is -0.537. The van der Waals surface area contributed by atoms with E-state index < -0.39 is 18.1 Å². The number of aliphatic imine (C=N–C) groups is 1. The molecular formula is C27H37F3N4O6. The zero-order chi connectivity index (χ0) is 29.5. The van der Waals surface area contributed by atoms with Gasteiger partial charge in [-0.3, -0.25) is 0 Å². The van der Waals surface area contributed by atoms with Crippen molar-refractivity contribution in [2.75, 3.05) is 53.0 Å². The molecule has 0 radical (unpaired) electrons. The molecule has 0 saturated carbocycles. The summed E-state index contributed by atoms with van der Waals surface area (Å²) in [4.78, 5) is 33.3. The predicted octanol–water partition coefficient (Wildman–Crippen LogP) is 4.53. The number of alkyl carbamates (subject to hydrolysis) is 1. The van der Waals surface area contributed by atoms with Gasteiger partial charge in [0, 0.05) is 32.1 Å². The lowest BCUT2D eigenvalue weighted by Crippen LogP contribution is -2.53. The normalized spacial score (nSPS) is 20.5. The number of hydrogen-bond acceptors (Lipinski definition) is 7. The average molecular weight is 571 g/mol. The number of ether oxygens (including phenoxy) is 4. The van der Waals surface area contributed by atoms with Crippen LogP contribution >= 0.6 is 0 Å². The van der Waals surface area contributed by atoms with Crippen molar-refractivity contribution in [3.8, 4) is 5.75 Å². The van der Waals surface area contributed by atoms with E-state index in [0.29, 0.717) is 57.4 Å². The SMILES string of the molecule is C=C(CNC(=O)OC(C)(C)C)N=C(OC)C1CC(c2ccc(OC(F)(F)F)cc2)CN(C(=O)N2CCOCC2)C1. The van der Waals surface area contributed by atoms with Gasteiger partial charge in [0.15, 0.2) is 5.90 Å². The van der Waals surface area contributed by atoms with Crippen LogP contribution in [-0.4, -0.2) is 92.8 Å². The second kappa shape index (κ2) is 13.2. The van der Waals surface area contributed by atoms with Crippen LogP contribution in [0.25, 0.3) is 0 Å². The average Bonchev–Trinajstić information content (AvgIpc) is 2.89. The van der Waals surface area contributed by atoms with Crippen LogP contribution in [0.1, 0.15) is 38.7 Å². The Labute approximate surface area is 232 Å². The Balaban J connectivity index is 1.78. The molecule has 0 aliphatic carbocycles. The molecule has 2 fully saturated rings. The van der Waals surface area contributed by atoms with Crippen molar-refractivity contribution >= 4 is 18.0 Å². The molecule has 40 heavy (non-hydrogen) atoms. The number of benzene rings is 1. The molecule has 3 amide bonds. The summed E-state index contributed by atoms with van der Waals surface area (Å²) in [5, 5.41) is 2.60. The fourth-order valence-corrected chi connectivity index (χ4v) is 4.56. The number of halogens is 3. The quantitative estimate of drug-likeness (QED) is 0.399. The molecule has 0 aromatic heterocycles. The van der Waals surface area contributed by atoms with Gasteiger partial charge in [-0.1, -0.05) is 18.7 Å². The Morgan fingerprint density at radius 3 is 2.33 bits per heavy atom. The van der Waals surface area contributed by atoms with Gasteiger partial charge in [-0.2, -0.15) is 0 Å². The molecule has 13 heteroatoms. The van der Waals surface area contributed by atoms with Gasteiger partial charge in [0.1, 0.15) is 11.4 Å². The topological polar surface area (TPSA) is 102 Å². The van der Waals surface area contributed by atoms with Gasteiger partial charge < -0.3 is 34.1 Å². The Morgan fingerprint density at radius 1 is 1.10 bits per heavy atom. The van der Waals surface area contributed by atoms with Gasteiger partial charge in [-0.25, -0.2) is 14.6 Å². The van der Waals surface area contributed by atoms with Crippen molar-refractivity contribution in [1.29, 1.82) is 0 Å². The third kappa shape index (κ3) is 9.61. The monoisotopic (exact) mass is 570 g/mol. The van der Waals surface area contributed by atoms with E-state index in [9.17, 15) is 22.8 Å². The number of carbonyl (C=O) groups excluding carboxylic acids is 2. The van der Waals surface area contributed by atoms with E-state index in [2.05, 4.69) is 21.6 Å². The molecule has 2 unspecified atom stereocenters. The molecule has 1 aromatic rings. The molecule has 3 rings (SSSR count). The third-order valence-corrected chi connectivity index (χ3v) is 6.25. The van der Waals surface area contributed by atoms with E-state index in [4.69, 9.17) is 14.2 Å². The van der Waals surface area contributed by atoms with Gasteiger partial charge in [0.05, 0.1) is 38.5 Å². The van der Waals surface area contributed by atoms with Crippen molar-refractivity contribution in [2.45, 2.75) is 45.1 Å². The molecule has 222 valence electrons. The minimum atomic E-state index is -4.79. The molecule has 2 heterocycles. The van der Waals surface area contributed by atoms with E-state index >= 15 is 0 Å². The number of carbonyl (C=O) groups is 2. The van der Waals surface area contributed by atoms with Crippen LogP contribution in [0.5, 0.6) is 5.75 Å². The van der Waals surface area contributed by atoms with Gasteiger partial charge in [-0.15, -0.1) is 13.2 Å². The van der Waals surface area contributed by atoms with Crippen LogP contribution in [0.15, 0.2) is 41.5 Å². The van der Waals surface area contributed by atoms with Crippen molar-refractivity contribution in [1.82, 2.24) is 15.1 Å². The first-order valence-corrected chi connectivity index (χ1v) is 13.0. The lowest BCUT2D eigenvalue weighted by atomic mass is 9.84. The third-order valence-electron chi connectivity index (χ3n) is 6.25. The zero-order valence-electron chi connectivity index (χ0n) is 23.3. The van der Waals surface area contributed by atoms with Crippen LogP contribution in [-0.2, 0) is 14.2 Å². The molecule has 10 nitrogen and oxygen atoms in total. The number of piperidine rings is 1. The van der Waals surface area contributed by atoms with Crippen LogP contribution in [0, 0.1) is 5.92 Å². The van der Waals surface area contributed by atoms with Crippen molar-refractivity contribution < 1.29 is 41.7 Å². The summed E-state index contributed by atoms with van der Waals surface area (Å²) >= 11 is 0. The molecular weight excluding hydrogens is 533 g/mol. The van der Waals surface area contributed by atoms with Crippen LogP contribution < -0.4 is 10.1 Å². The lowest BCUT2D eigenvalue weighted by molar-refractivity contribution is -0.274. The number of amides is 3. The standard InChI is InChI=1S/C27H37F3N4O6/c1-18(15-31-24(35)40-26(2,3)4)32-23(37-5)21-14-20(19-6-8-22(9-7-19)39-27(28,29)30)16-34(17-21)25(36)33-10-12-38-13-11-33/h6-9,20-21H,1,10-17H2,2-5H3,(H,31,35). The highest BCUT2D eigenvalue weighted by molar-refractivity contribution is 5.82. The molecule has 2 aliphatic rings. The fraction of sp³-hybridized carbons (Fsp3) is 0.593. The molecule has 2 saturated heterocycles. The molecule has 0 spiro atoms. The number of hydrogen-bond donors (Lipinski definition) is 1. The highest BCUT2D eigenvalue weighted by atomic mass is 19.4. The summed E-state index contributed by atoms with van der Waals surface area (Å²) in [5.41, 5.74) is 0.418. The van der Waals surface area contributed by atoms with Crippen LogP contribution in [0.3, 0.4) is 0 Å². The minimum Gasteiger partial charge on any atom is -0.484 e. The molecule has 1 N–H and O–H groups in total. The highest BCUT2D eigenvalue weighted by Gasteiger charge is 2.36. The van der Waals surface area contributed by atoms with E-state index in [-0.39, 0.29) is 30.2 Å². The van der Waals surface area contributed by atoms with Gasteiger partial charge in [-0.05, 0) is 44.9 Å². The number of alkyl halides is 3. The van der Waals surface area contributed by atoms with Crippen LogP contribution in [0.2, 0.25) is 0 Å². The summed E-state index contributed by atoms with van der Waals surface area (Å²) in [6.45, 7) is 11.7. The second-order valence-electron chi connectivity index (χ2n) is 10.6. The fourth-order valence-electron chi connectivity index (χ4n) is 4.56. The van der Waals surface area contributed by atoms with Gasteiger partial charge >= 0.3 is 18.5 Å². The number of nitrogens with zero attached hydrogens (tertiary/aromatic N) is 3. The Hall–Kier alpha value is -3.48. The van der Waals surface area contributed by atoms with E-state index in [1.807, 2.05) is 0 Å². The first-order chi connectivity index (χ1) is 18.7. The smallest absolute Gasteiger partial charge is 0.484 e. The van der Waals surface area contributed by atoms with Crippen LogP contribution in [0.4, 0.5) is 22.8 Å². The maximum absolute atomic E-state index is 13.4. The Kier molecular flexibility index (Phi) is 10.3. The number of methoxy groups -OCH3 is 1. The number of rotatable bonds is 6. The lowest BCUT2D eigenvalue weighted by Gasteiger charge is -2.41. The second-order valence-corrected chi connectivity index (χ2v) is 10.6. The highest BCUT2D eigenvalue weighted by Crippen LogP contribution is 2.34. The summed E-state index contributed by atoms with van der Waals surface area (Å²) in [6.07, 6.45) is -4.88. The number of morpholine rings is 1. The van der Waals surface area contributed by atoms with Crippen molar-refractivity contribution in [3.63, 3.8) is 0 Å². The Bertz CT molecular complexity index is 1070. The van der Waals surface area contributed by atoms with Gasteiger partial charge in [0.2, 0.25) is 0 Å². The number of likely N-dealkylation sites (tertiary alicyclic amines) is 1. The number of nitrogens with one attached hydrogen (secondary N) is 1.